The van der Waals surface area contributed by atoms with Crippen molar-refractivity contribution in [3.05, 3.63) is 64.0 Å². The van der Waals surface area contributed by atoms with Crippen LogP contribution in [0.4, 0.5) is 5.69 Å². The Morgan fingerprint density at radius 3 is 2.61 bits per heavy atom. The minimum atomic E-state index is -0.176. The lowest BCUT2D eigenvalue weighted by molar-refractivity contribution is -0.113. The topological polar surface area (TPSA) is 29.5 Å². The lowest BCUT2D eigenvalue weighted by Crippen LogP contribution is -2.27. The number of amides is 1. The first-order valence-corrected chi connectivity index (χ1v) is 8.37. The number of hydrogen-bond donors (Lipinski definition) is 0. The van der Waals surface area contributed by atoms with Crippen molar-refractivity contribution in [2.75, 3.05) is 12.0 Å². The van der Waals surface area contributed by atoms with E-state index in [2.05, 4.69) is 0 Å². The first-order chi connectivity index (χ1) is 11.1. The normalized spacial score (nSPS) is 16.3. The standard InChI is InChI=1S/C17H12ClNO2S2/c1-21-14-9-5-4-8-13(14)19-16(20)15(23-17(19)22)10-11-6-2-3-7-12(11)18/h2-10H,1H3/b15-10-. The molecule has 3 nitrogen and oxygen atoms in total. The van der Waals surface area contributed by atoms with Gasteiger partial charge in [-0.1, -0.05) is 65.9 Å². The molecule has 116 valence electrons. The van der Waals surface area contributed by atoms with E-state index in [0.717, 1.165) is 5.56 Å². The van der Waals surface area contributed by atoms with Crippen molar-refractivity contribution >= 4 is 57.6 Å². The molecule has 2 aromatic rings. The number of para-hydroxylation sites is 2. The van der Waals surface area contributed by atoms with E-state index in [1.165, 1.54) is 16.7 Å². The third-order valence-corrected chi connectivity index (χ3v) is 4.96. The maximum Gasteiger partial charge on any atom is 0.270 e. The molecule has 0 unspecified atom stereocenters. The molecule has 0 spiro atoms. The molecule has 0 radical (unpaired) electrons. The molecule has 1 heterocycles. The smallest absolute Gasteiger partial charge is 0.270 e. The largest absolute Gasteiger partial charge is 0.495 e. The van der Waals surface area contributed by atoms with Gasteiger partial charge in [0.1, 0.15) is 5.75 Å². The van der Waals surface area contributed by atoms with Crippen LogP contribution in [0, 0.1) is 0 Å². The number of methoxy groups -OCH3 is 1. The summed E-state index contributed by atoms with van der Waals surface area (Å²) in [6, 6.07) is 14.7. The van der Waals surface area contributed by atoms with E-state index in [0.29, 0.717) is 25.7 Å². The number of benzene rings is 2. The monoisotopic (exact) mass is 361 g/mol. The highest BCUT2D eigenvalue weighted by molar-refractivity contribution is 8.27. The fourth-order valence-electron chi connectivity index (χ4n) is 2.22. The van der Waals surface area contributed by atoms with Crippen molar-refractivity contribution in [3.8, 4) is 5.75 Å². The van der Waals surface area contributed by atoms with Crippen LogP contribution in [0.25, 0.3) is 6.08 Å². The van der Waals surface area contributed by atoms with Gasteiger partial charge in [-0.2, -0.15) is 0 Å². The van der Waals surface area contributed by atoms with Crippen LogP contribution in [-0.4, -0.2) is 17.3 Å². The van der Waals surface area contributed by atoms with Gasteiger partial charge in [0.2, 0.25) is 0 Å². The van der Waals surface area contributed by atoms with Crippen LogP contribution < -0.4 is 9.64 Å². The second-order valence-electron chi connectivity index (χ2n) is 4.71. The van der Waals surface area contributed by atoms with Crippen LogP contribution >= 0.6 is 35.6 Å². The number of carbonyl (C=O) groups excluding carboxylic acids is 1. The summed E-state index contributed by atoms with van der Waals surface area (Å²) < 4.78 is 5.79. The molecule has 1 amide bonds. The fourth-order valence-corrected chi connectivity index (χ4v) is 3.69. The summed E-state index contributed by atoms with van der Waals surface area (Å²) in [4.78, 5) is 14.8. The molecule has 1 aliphatic heterocycles. The average Bonchev–Trinajstić information content (AvgIpc) is 2.83. The predicted molar refractivity (Wildman–Crippen MR) is 100 cm³/mol. The maximum absolute atomic E-state index is 12.8. The molecule has 0 bridgehead atoms. The third-order valence-electron chi connectivity index (χ3n) is 3.31. The minimum absolute atomic E-state index is 0.176. The zero-order chi connectivity index (χ0) is 16.4. The molecule has 1 aliphatic rings. The maximum atomic E-state index is 12.8. The molecule has 0 atom stereocenters. The van der Waals surface area contributed by atoms with Gasteiger partial charge in [0.05, 0.1) is 17.7 Å². The van der Waals surface area contributed by atoms with E-state index >= 15 is 0 Å². The van der Waals surface area contributed by atoms with Crippen molar-refractivity contribution in [2.24, 2.45) is 0 Å². The van der Waals surface area contributed by atoms with Crippen molar-refractivity contribution in [3.63, 3.8) is 0 Å². The van der Waals surface area contributed by atoms with Gasteiger partial charge in [-0.3, -0.25) is 9.69 Å². The molecule has 0 aliphatic carbocycles. The predicted octanol–water partition coefficient (Wildman–Crippen LogP) is 4.75. The summed E-state index contributed by atoms with van der Waals surface area (Å²) >= 11 is 12.8. The first kappa shape index (κ1) is 16.1. The van der Waals surface area contributed by atoms with Gasteiger partial charge in [0.25, 0.3) is 5.91 Å². The Hall–Kier alpha value is -1.82. The minimum Gasteiger partial charge on any atom is -0.495 e. The van der Waals surface area contributed by atoms with E-state index in [-0.39, 0.29) is 5.91 Å². The second-order valence-corrected chi connectivity index (χ2v) is 6.79. The number of ether oxygens (including phenoxy) is 1. The lowest BCUT2D eigenvalue weighted by atomic mass is 10.2. The summed E-state index contributed by atoms with van der Waals surface area (Å²) in [5, 5.41) is 0.593. The number of nitrogens with zero attached hydrogens (tertiary/aromatic N) is 1. The van der Waals surface area contributed by atoms with Crippen molar-refractivity contribution in [1.82, 2.24) is 0 Å². The highest BCUT2D eigenvalue weighted by atomic mass is 35.5. The number of anilines is 1. The Labute approximate surface area is 148 Å². The molecule has 0 N–H and O–H groups in total. The van der Waals surface area contributed by atoms with E-state index in [1.54, 1.807) is 25.3 Å². The summed E-state index contributed by atoms with van der Waals surface area (Å²) in [7, 11) is 1.57. The van der Waals surface area contributed by atoms with Gasteiger partial charge in [-0.25, -0.2) is 0 Å². The van der Waals surface area contributed by atoms with E-state index in [1.807, 2.05) is 36.4 Å². The van der Waals surface area contributed by atoms with Crippen molar-refractivity contribution in [1.29, 1.82) is 0 Å². The Kier molecular flexibility index (Phi) is 4.71. The molecule has 1 fully saturated rings. The summed E-state index contributed by atoms with van der Waals surface area (Å²) in [6.07, 6.45) is 1.76. The van der Waals surface area contributed by atoms with E-state index in [9.17, 15) is 4.79 Å². The number of thioether (sulfide) groups is 1. The first-order valence-electron chi connectivity index (χ1n) is 6.77. The zero-order valence-electron chi connectivity index (χ0n) is 12.2. The van der Waals surface area contributed by atoms with Crippen LogP contribution in [0.5, 0.6) is 5.75 Å². The average molecular weight is 362 g/mol. The van der Waals surface area contributed by atoms with E-state index in [4.69, 9.17) is 28.6 Å². The second kappa shape index (κ2) is 6.74. The molecule has 0 aromatic heterocycles. The third kappa shape index (κ3) is 3.13. The quantitative estimate of drug-likeness (QED) is 0.582. The van der Waals surface area contributed by atoms with Gasteiger partial charge in [-0.15, -0.1) is 0 Å². The SMILES string of the molecule is COc1ccccc1N1C(=O)/C(=C/c2ccccc2Cl)SC1=S. The molecule has 0 saturated carbocycles. The highest BCUT2D eigenvalue weighted by Crippen LogP contribution is 2.40. The lowest BCUT2D eigenvalue weighted by Gasteiger charge is -2.17. The number of thiocarbonyl (C=S) groups is 1. The van der Waals surface area contributed by atoms with Gasteiger partial charge in [0.15, 0.2) is 4.32 Å². The van der Waals surface area contributed by atoms with Gasteiger partial charge < -0.3 is 4.74 Å². The Morgan fingerprint density at radius 1 is 1.17 bits per heavy atom. The molecule has 23 heavy (non-hydrogen) atoms. The number of carbonyl (C=O) groups is 1. The van der Waals surface area contributed by atoms with Crippen LogP contribution in [0.1, 0.15) is 5.56 Å². The van der Waals surface area contributed by atoms with Gasteiger partial charge in [0, 0.05) is 5.02 Å². The molecule has 2 aromatic carbocycles. The van der Waals surface area contributed by atoms with Crippen LogP contribution in [0.2, 0.25) is 5.02 Å². The zero-order valence-corrected chi connectivity index (χ0v) is 14.5. The fraction of sp³-hybridized carbons (Fsp3) is 0.0588. The number of hydrogen-bond acceptors (Lipinski definition) is 4. The summed E-state index contributed by atoms with van der Waals surface area (Å²) in [5.74, 6) is 0.423. The van der Waals surface area contributed by atoms with Crippen LogP contribution in [-0.2, 0) is 4.79 Å². The Bertz CT molecular complexity index is 820. The molecule has 6 heteroatoms. The van der Waals surface area contributed by atoms with E-state index < -0.39 is 0 Å². The van der Waals surface area contributed by atoms with Crippen LogP contribution in [0.3, 0.4) is 0 Å². The van der Waals surface area contributed by atoms with Crippen molar-refractivity contribution < 1.29 is 9.53 Å². The Balaban J connectivity index is 1.99. The molecule has 3 rings (SSSR count). The highest BCUT2D eigenvalue weighted by Gasteiger charge is 2.34. The van der Waals surface area contributed by atoms with Gasteiger partial charge >= 0.3 is 0 Å². The Morgan fingerprint density at radius 2 is 1.87 bits per heavy atom. The van der Waals surface area contributed by atoms with Crippen LogP contribution in [0.15, 0.2) is 53.4 Å². The number of rotatable bonds is 3. The molecule has 1 saturated heterocycles. The molecular formula is C17H12ClNO2S2. The van der Waals surface area contributed by atoms with Gasteiger partial charge in [-0.05, 0) is 29.8 Å². The summed E-state index contributed by atoms with van der Waals surface area (Å²) in [6.45, 7) is 0. The van der Waals surface area contributed by atoms with Crippen molar-refractivity contribution in [2.45, 2.75) is 0 Å². The molecular weight excluding hydrogens is 350 g/mol. The summed E-state index contributed by atoms with van der Waals surface area (Å²) in [5.41, 5.74) is 1.43. The number of halogens is 1.